The Bertz CT molecular complexity index is 774. The Labute approximate surface area is 153 Å². The standard InChI is InChI=1S/C20H23N3O3/c1-26-13-11-21-20(25)16-6-8-17(9-7-16)22-19(24)14-23-12-10-15-4-2-3-5-18(15)23/h2-9H,10-14H2,1H3,(H,21,25)(H,22,24). The Morgan fingerprint density at radius 1 is 1.12 bits per heavy atom. The van der Waals surface area contributed by atoms with Gasteiger partial charge in [-0.05, 0) is 42.3 Å². The summed E-state index contributed by atoms with van der Waals surface area (Å²) in [6.07, 6.45) is 0.969. The number of rotatable bonds is 7. The minimum absolute atomic E-state index is 0.0704. The van der Waals surface area contributed by atoms with E-state index in [4.69, 9.17) is 4.74 Å². The predicted octanol–water partition coefficient (Wildman–Crippen LogP) is 2.06. The molecule has 2 amide bonds. The molecule has 0 spiro atoms. The first-order valence-electron chi connectivity index (χ1n) is 8.67. The third-order valence-corrected chi connectivity index (χ3v) is 4.34. The summed E-state index contributed by atoms with van der Waals surface area (Å²) in [5.41, 5.74) is 3.64. The van der Waals surface area contributed by atoms with Crippen molar-refractivity contribution in [1.29, 1.82) is 0 Å². The Morgan fingerprint density at radius 3 is 2.65 bits per heavy atom. The number of para-hydroxylation sites is 1. The van der Waals surface area contributed by atoms with Crippen LogP contribution in [0.15, 0.2) is 48.5 Å². The molecule has 1 aliphatic heterocycles. The lowest BCUT2D eigenvalue weighted by atomic mass is 10.2. The fourth-order valence-electron chi connectivity index (χ4n) is 3.02. The maximum atomic E-state index is 12.3. The molecule has 2 aromatic rings. The van der Waals surface area contributed by atoms with E-state index >= 15 is 0 Å². The number of carbonyl (C=O) groups is 2. The molecular weight excluding hydrogens is 330 g/mol. The molecule has 6 heteroatoms. The molecule has 26 heavy (non-hydrogen) atoms. The molecular formula is C20H23N3O3. The summed E-state index contributed by atoms with van der Waals surface area (Å²) in [5, 5.41) is 5.65. The van der Waals surface area contributed by atoms with E-state index in [0.29, 0.717) is 30.9 Å². The van der Waals surface area contributed by atoms with Gasteiger partial charge in [0.1, 0.15) is 0 Å². The topological polar surface area (TPSA) is 70.7 Å². The third-order valence-electron chi connectivity index (χ3n) is 4.34. The molecule has 1 heterocycles. The normalized spacial score (nSPS) is 12.6. The van der Waals surface area contributed by atoms with E-state index in [1.165, 1.54) is 5.56 Å². The number of fused-ring (bicyclic) bond motifs is 1. The quantitative estimate of drug-likeness (QED) is 0.748. The van der Waals surface area contributed by atoms with Crippen LogP contribution in [0.5, 0.6) is 0 Å². The van der Waals surface area contributed by atoms with Crippen LogP contribution in [-0.4, -0.2) is 45.2 Å². The number of hydrogen-bond donors (Lipinski definition) is 2. The first-order chi connectivity index (χ1) is 12.7. The first kappa shape index (κ1) is 17.9. The van der Waals surface area contributed by atoms with Crippen LogP contribution in [0.3, 0.4) is 0 Å². The third kappa shape index (κ3) is 4.40. The van der Waals surface area contributed by atoms with Crippen LogP contribution in [0.2, 0.25) is 0 Å². The highest BCUT2D eigenvalue weighted by Crippen LogP contribution is 2.27. The second-order valence-electron chi connectivity index (χ2n) is 6.17. The van der Waals surface area contributed by atoms with Crippen molar-refractivity contribution in [2.45, 2.75) is 6.42 Å². The van der Waals surface area contributed by atoms with E-state index in [1.807, 2.05) is 18.2 Å². The number of nitrogens with zero attached hydrogens (tertiary/aromatic N) is 1. The van der Waals surface area contributed by atoms with Gasteiger partial charge in [-0.3, -0.25) is 9.59 Å². The van der Waals surface area contributed by atoms with Gasteiger partial charge < -0.3 is 20.3 Å². The largest absolute Gasteiger partial charge is 0.383 e. The van der Waals surface area contributed by atoms with Crippen molar-refractivity contribution in [3.8, 4) is 0 Å². The minimum Gasteiger partial charge on any atom is -0.383 e. The molecule has 0 radical (unpaired) electrons. The van der Waals surface area contributed by atoms with Crippen LogP contribution in [0.4, 0.5) is 11.4 Å². The zero-order valence-electron chi connectivity index (χ0n) is 14.8. The van der Waals surface area contributed by atoms with Crippen LogP contribution in [-0.2, 0) is 16.0 Å². The smallest absolute Gasteiger partial charge is 0.251 e. The van der Waals surface area contributed by atoms with E-state index in [-0.39, 0.29) is 11.8 Å². The van der Waals surface area contributed by atoms with Gasteiger partial charge in [-0.2, -0.15) is 0 Å². The number of nitrogens with one attached hydrogen (secondary N) is 2. The van der Waals surface area contributed by atoms with Crippen molar-refractivity contribution in [3.05, 3.63) is 59.7 Å². The minimum atomic E-state index is -0.159. The first-order valence-corrected chi connectivity index (χ1v) is 8.67. The van der Waals surface area contributed by atoms with Crippen molar-refractivity contribution < 1.29 is 14.3 Å². The zero-order chi connectivity index (χ0) is 18.4. The summed E-state index contributed by atoms with van der Waals surface area (Å²) in [5.74, 6) is -0.229. The van der Waals surface area contributed by atoms with Crippen molar-refractivity contribution in [2.75, 3.05) is 43.6 Å². The number of hydrogen-bond acceptors (Lipinski definition) is 4. The SMILES string of the molecule is COCCNC(=O)c1ccc(NC(=O)CN2CCc3ccccc32)cc1. The fraction of sp³-hybridized carbons (Fsp3) is 0.300. The van der Waals surface area contributed by atoms with Gasteiger partial charge in [0.05, 0.1) is 13.2 Å². The van der Waals surface area contributed by atoms with Crippen molar-refractivity contribution >= 4 is 23.2 Å². The highest BCUT2D eigenvalue weighted by molar-refractivity contribution is 5.97. The summed E-state index contributed by atoms with van der Waals surface area (Å²) in [4.78, 5) is 26.4. The van der Waals surface area contributed by atoms with Crippen molar-refractivity contribution in [2.24, 2.45) is 0 Å². The molecule has 0 fully saturated rings. The van der Waals surface area contributed by atoms with E-state index < -0.39 is 0 Å². The molecule has 1 aliphatic rings. The zero-order valence-corrected chi connectivity index (χ0v) is 14.8. The average molecular weight is 353 g/mol. The number of carbonyl (C=O) groups excluding carboxylic acids is 2. The highest BCUT2D eigenvalue weighted by atomic mass is 16.5. The Kier molecular flexibility index (Phi) is 5.86. The van der Waals surface area contributed by atoms with Crippen molar-refractivity contribution in [3.63, 3.8) is 0 Å². The van der Waals surface area contributed by atoms with Gasteiger partial charge in [0, 0.05) is 37.1 Å². The molecule has 2 aromatic carbocycles. The average Bonchev–Trinajstić information content (AvgIpc) is 3.05. The summed E-state index contributed by atoms with van der Waals surface area (Å²) in [6.45, 7) is 2.11. The predicted molar refractivity (Wildman–Crippen MR) is 102 cm³/mol. The van der Waals surface area contributed by atoms with Crippen LogP contribution >= 0.6 is 0 Å². The number of anilines is 2. The van der Waals surface area contributed by atoms with Gasteiger partial charge in [-0.15, -0.1) is 0 Å². The number of amides is 2. The van der Waals surface area contributed by atoms with Gasteiger partial charge in [0.15, 0.2) is 0 Å². The molecule has 0 saturated carbocycles. The molecule has 0 saturated heterocycles. The summed E-state index contributed by atoms with van der Waals surface area (Å²) in [6, 6.07) is 15.0. The Balaban J connectivity index is 1.53. The maximum absolute atomic E-state index is 12.3. The Hall–Kier alpha value is -2.86. The number of methoxy groups -OCH3 is 1. The van der Waals surface area contributed by atoms with Crippen LogP contribution in [0.1, 0.15) is 15.9 Å². The van der Waals surface area contributed by atoms with Crippen LogP contribution < -0.4 is 15.5 Å². The molecule has 0 bridgehead atoms. The maximum Gasteiger partial charge on any atom is 0.251 e. The molecule has 6 nitrogen and oxygen atoms in total. The van der Waals surface area contributed by atoms with Gasteiger partial charge in [-0.1, -0.05) is 18.2 Å². The van der Waals surface area contributed by atoms with E-state index in [2.05, 4.69) is 21.6 Å². The van der Waals surface area contributed by atoms with Gasteiger partial charge >= 0.3 is 0 Å². The lowest BCUT2D eigenvalue weighted by Gasteiger charge is -2.18. The summed E-state index contributed by atoms with van der Waals surface area (Å²) >= 11 is 0. The Morgan fingerprint density at radius 2 is 1.88 bits per heavy atom. The molecule has 0 atom stereocenters. The molecule has 136 valence electrons. The van der Waals surface area contributed by atoms with E-state index in [9.17, 15) is 9.59 Å². The lowest BCUT2D eigenvalue weighted by Crippen LogP contribution is -2.31. The molecule has 0 unspecified atom stereocenters. The molecule has 3 rings (SSSR count). The molecule has 0 aliphatic carbocycles. The van der Waals surface area contributed by atoms with Gasteiger partial charge in [0.2, 0.25) is 5.91 Å². The molecule has 0 aromatic heterocycles. The van der Waals surface area contributed by atoms with Gasteiger partial charge in [0.25, 0.3) is 5.91 Å². The summed E-state index contributed by atoms with van der Waals surface area (Å²) in [7, 11) is 1.59. The van der Waals surface area contributed by atoms with Gasteiger partial charge in [-0.25, -0.2) is 0 Å². The lowest BCUT2D eigenvalue weighted by molar-refractivity contribution is -0.115. The fourth-order valence-corrected chi connectivity index (χ4v) is 3.02. The summed E-state index contributed by atoms with van der Waals surface area (Å²) < 4.78 is 4.90. The number of ether oxygens (including phenoxy) is 1. The van der Waals surface area contributed by atoms with Crippen LogP contribution in [0, 0.1) is 0 Å². The van der Waals surface area contributed by atoms with E-state index in [1.54, 1.807) is 31.4 Å². The molecule has 2 N–H and O–H groups in total. The second-order valence-corrected chi connectivity index (χ2v) is 6.17. The van der Waals surface area contributed by atoms with E-state index in [0.717, 1.165) is 18.7 Å². The van der Waals surface area contributed by atoms with Crippen molar-refractivity contribution in [1.82, 2.24) is 5.32 Å². The monoisotopic (exact) mass is 353 g/mol. The second kappa shape index (κ2) is 8.49. The number of benzene rings is 2. The van der Waals surface area contributed by atoms with Crippen LogP contribution in [0.25, 0.3) is 0 Å². The highest BCUT2D eigenvalue weighted by Gasteiger charge is 2.20.